The number of hydrogen-bond donors (Lipinski definition) is 0. The van der Waals surface area contributed by atoms with Crippen LogP contribution in [-0.4, -0.2) is 4.57 Å². The van der Waals surface area contributed by atoms with Crippen molar-refractivity contribution in [2.75, 3.05) is 0 Å². The molecule has 0 saturated heterocycles. The summed E-state index contributed by atoms with van der Waals surface area (Å²) in [6.07, 6.45) is 0. The van der Waals surface area contributed by atoms with Crippen LogP contribution in [0.2, 0.25) is 0 Å². The zero-order chi connectivity index (χ0) is 26.2. The Morgan fingerprint density at radius 1 is 0.410 bits per heavy atom. The van der Waals surface area contributed by atoms with Gasteiger partial charge in [-0.25, -0.2) is 0 Å². The first-order chi connectivity index (χ1) is 19.3. The maximum atomic E-state index is 2.46. The van der Waals surface area contributed by atoms with E-state index < -0.39 is 10.0 Å². The zero-order valence-corrected chi connectivity index (χ0v) is 22.7. The molecule has 0 N–H and O–H groups in total. The molecule has 0 spiro atoms. The van der Waals surface area contributed by atoms with E-state index in [2.05, 4.69) is 169 Å². The molecule has 0 radical (unpaired) electrons. The standard InChI is InChI=1S/C37H29NS/c1-28-21-23-29(24-22-28)38-36-20-12-11-19-34(36)35-27-33(25-26-37(35)38)39(30-13-5-2-6-14-30,31-15-7-3-8-16-31)32-17-9-4-10-18-32/h2-27H,1H3. The van der Waals surface area contributed by atoms with Gasteiger partial charge in [0.25, 0.3) is 0 Å². The molecule has 0 aliphatic heterocycles. The minimum Gasteiger partial charge on any atom is -0.309 e. The predicted molar refractivity (Wildman–Crippen MR) is 165 cm³/mol. The molecule has 6 aromatic carbocycles. The molecule has 39 heavy (non-hydrogen) atoms. The monoisotopic (exact) mass is 519 g/mol. The van der Waals surface area contributed by atoms with Crippen molar-refractivity contribution >= 4 is 31.8 Å². The predicted octanol–water partition coefficient (Wildman–Crippen LogP) is 10.4. The van der Waals surface area contributed by atoms with Gasteiger partial charge in [-0.1, -0.05) is 90.5 Å². The Balaban J connectivity index is 1.59. The Morgan fingerprint density at radius 2 is 0.897 bits per heavy atom. The molecule has 1 heterocycles. The second-order valence-corrected chi connectivity index (χ2v) is 13.0. The Labute approximate surface area is 231 Å². The number of para-hydroxylation sites is 1. The van der Waals surface area contributed by atoms with Crippen LogP contribution in [0.4, 0.5) is 0 Å². The lowest BCUT2D eigenvalue weighted by Gasteiger charge is -2.42. The molecule has 0 unspecified atom stereocenters. The average molecular weight is 520 g/mol. The molecule has 0 aliphatic rings. The van der Waals surface area contributed by atoms with Crippen molar-refractivity contribution in [2.45, 2.75) is 26.5 Å². The summed E-state index contributed by atoms with van der Waals surface area (Å²) in [5.41, 5.74) is 4.91. The fourth-order valence-corrected chi connectivity index (χ4v) is 9.70. The summed E-state index contributed by atoms with van der Waals surface area (Å²) >= 11 is 0. The number of benzene rings is 6. The summed E-state index contributed by atoms with van der Waals surface area (Å²) in [6, 6.07) is 58.0. The molecule has 7 aromatic rings. The van der Waals surface area contributed by atoms with Crippen LogP contribution in [-0.2, 0) is 0 Å². The zero-order valence-electron chi connectivity index (χ0n) is 21.9. The van der Waals surface area contributed by atoms with Crippen molar-refractivity contribution in [3.63, 3.8) is 0 Å². The molecule has 188 valence electrons. The van der Waals surface area contributed by atoms with Crippen molar-refractivity contribution in [2.24, 2.45) is 0 Å². The first-order valence-electron chi connectivity index (χ1n) is 13.4. The number of aryl methyl sites for hydroxylation is 1. The Kier molecular flexibility index (Phi) is 5.83. The summed E-state index contributed by atoms with van der Waals surface area (Å²) in [5, 5.41) is 2.56. The van der Waals surface area contributed by atoms with Crippen LogP contribution in [0.1, 0.15) is 5.56 Å². The van der Waals surface area contributed by atoms with Gasteiger partial charge in [-0.3, -0.25) is 0 Å². The third-order valence-electron chi connectivity index (χ3n) is 7.58. The van der Waals surface area contributed by atoms with Crippen molar-refractivity contribution in [1.82, 2.24) is 4.57 Å². The van der Waals surface area contributed by atoms with Gasteiger partial charge in [0.15, 0.2) is 0 Å². The molecular formula is C37H29NS. The molecule has 0 aliphatic carbocycles. The lowest BCUT2D eigenvalue weighted by Crippen LogP contribution is -2.05. The second-order valence-electron chi connectivity index (χ2n) is 9.92. The van der Waals surface area contributed by atoms with Crippen LogP contribution in [0.15, 0.2) is 177 Å². The van der Waals surface area contributed by atoms with E-state index in [1.807, 2.05) is 0 Å². The Bertz CT molecular complexity index is 1790. The number of rotatable bonds is 5. The fraction of sp³-hybridized carbons (Fsp3) is 0.0270. The van der Waals surface area contributed by atoms with Gasteiger partial charge in [-0.15, -0.1) is 10.0 Å². The van der Waals surface area contributed by atoms with Gasteiger partial charge in [-0.05, 0) is 79.7 Å². The van der Waals surface area contributed by atoms with Crippen LogP contribution in [0, 0.1) is 6.92 Å². The van der Waals surface area contributed by atoms with E-state index in [1.54, 1.807) is 0 Å². The molecular weight excluding hydrogens is 490 g/mol. The molecule has 1 nitrogen and oxygen atoms in total. The quantitative estimate of drug-likeness (QED) is 0.213. The highest BCUT2D eigenvalue weighted by Gasteiger charge is 2.33. The van der Waals surface area contributed by atoms with Crippen LogP contribution >= 0.6 is 10.0 Å². The van der Waals surface area contributed by atoms with Crippen molar-refractivity contribution < 1.29 is 0 Å². The third-order valence-corrected chi connectivity index (χ3v) is 11.5. The van der Waals surface area contributed by atoms with E-state index in [9.17, 15) is 0 Å². The highest BCUT2D eigenvalue weighted by molar-refractivity contribution is 8.34. The van der Waals surface area contributed by atoms with Gasteiger partial charge >= 0.3 is 0 Å². The molecule has 1 aromatic heterocycles. The van der Waals surface area contributed by atoms with Crippen LogP contribution < -0.4 is 0 Å². The van der Waals surface area contributed by atoms with Gasteiger partial charge in [0, 0.05) is 36.0 Å². The summed E-state index contributed by atoms with van der Waals surface area (Å²) in [7, 11) is -1.74. The van der Waals surface area contributed by atoms with Crippen molar-refractivity contribution in [3.8, 4) is 5.69 Å². The van der Waals surface area contributed by atoms with Crippen LogP contribution in [0.25, 0.3) is 27.5 Å². The topological polar surface area (TPSA) is 4.93 Å². The Hall–Kier alpha value is -4.53. The third kappa shape index (κ3) is 3.79. The van der Waals surface area contributed by atoms with Gasteiger partial charge in [0.1, 0.15) is 0 Å². The van der Waals surface area contributed by atoms with Crippen molar-refractivity contribution in [3.05, 3.63) is 163 Å². The number of aromatic nitrogens is 1. The maximum absolute atomic E-state index is 2.46. The molecule has 0 saturated carbocycles. The number of hydrogen-bond acceptors (Lipinski definition) is 0. The van der Waals surface area contributed by atoms with E-state index in [0.717, 1.165) is 0 Å². The molecule has 0 bridgehead atoms. The molecule has 7 rings (SSSR count). The molecule has 0 amide bonds. The maximum Gasteiger partial charge on any atom is 0.0541 e. The smallest absolute Gasteiger partial charge is 0.0541 e. The lowest BCUT2D eigenvalue weighted by molar-refractivity contribution is 1.17. The summed E-state index contributed by atoms with van der Waals surface area (Å²) < 4.78 is 2.40. The van der Waals surface area contributed by atoms with E-state index in [1.165, 1.54) is 52.6 Å². The first-order valence-corrected chi connectivity index (χ1v) is 15.0. The van der Waals surface area contributed by atoms with Crippen LogP contribution in [0.5, 0.6) is 0 Å². The highest BCUT2D eigenvalue weighted by Crippen LogP contribution is 2.73. The normalized spacial score (nSPS) is 12.1. The summed E-state index contributed by atoms with van der Waals surface area (Å²) in [4.78, 5) is 5.35. The van der Waals surface area contributed by atoms with Gasteiger partial charge in [0.05, 0.1) is 11.0 Å². The fourth-order valence-electron chi connectivity index (χ4n) is 5.80. The molecule has 2 heteroatoms. The van der Waals surface area contributed by atoms with E-state index in [0.29, 0.717) is 0 Å². The number of nitrogens with zero attached hydrogens (tertiary/aromatic N) is 1. The van der Waals surface area contributed by atoms with E-state index in [-0.39, 0.29) is 0 Å². The minimum absolute atomic E-state index is 1.19. The minimum atomic E-state index is -1.74. The highest BCUT2D eigenvalue weighted by atomic mass is 32.3. The van der Waals surface area contributed by atoms with Gasteiger partial charge in [0.2, 0.25) is 0 Å². The van der Waals surface area contributed by atoms with Crippen molar-refractivity contribution in [1.29, 1.82) is 0 Å². The average Bonchev–Trinajstić information content (AvgIpc) is 3.34. The van der Waals surface area contributed by atoms with Crippen LogP contribution in [0.3, 0.4) is 0 Å². The van der Waals surface area contributed by atoms with Gasteiger partial charge < -0.3 is 4.57 Å². The second kappa shape index (κ2) is 9.65. The number of fused-ring (bicyclic) bond motifs is 3. The largest absolute Gasteiger partial charge is 0.309 e. The van der Waals surface area contributed by atoms with E-state index in [4.69, 9.17) is 0 Å². The van der Waals surface area contributed by atoms with Gasteiger partial charge in [-0.2, -0.15) is 0 Å². The Morgan fingerprint density at radius 3 is 1.46 bits per heavy atom. The first kappa shape index (κ1) is 23.6. The van der Waals surface area contributed by atoms with E-state index >= 15 is 0 Å². The lowest BCUT2D eigenvalue weighted by atomic mass is 10.1. The molecule has 0 atom stereocenters. The molecule has 0 fully saturated rings. The summed E-state index contributed by atoms with van der Waals surface area (Å²) in [5.74, 6) is 0. The summed E-state index contributed by atoms with van der Waals surface area (Å²) in [6.45, 7) is 2.14. The SMILES string of the molecule is Cc1ccc(-n2c3ccccc3c3cc(S(c4ccccc4)(c4ccccc4)c4ccccc4)ccc32)cc1.